The predicted molar refractivity (Wildman–Crippen MR) is 75.6 cm³/mol. The molecule has 1 aromatic carbocycles. The molecule has 0 aliphatic heterocycles. The Morgan fingerprint density at radius 2 is 2.06 bits per heavy atom. The zero-order chi connectivity index (χ0) is 12.3. The van der Waals surface area contributed by atoms with Gasteiger partial charge in [-0.15, -0.1) is 22.9 Å². The lowest BCUT2D eigenvalue weighted by atomic mass is 9.96. The second-order valence-electron chi connectivity index (χ2n) is 3.77. The molecule has 0 saturated heterocycles. The van der Waals surface area contributed by atoms with Crippen LogP contribution in [0.3, 0.4) is 0 Å². The van der Waals surface area contributed by atoms with Gasteiger partial charge in [0.25, 0.3) is 0 Å². The number of rotatable bonds is 4. The molecule has 1 atom stereocenters. The van der Waals surface area contributed by atoms with Gasteiger partial charge >= 0.3 is 0 Å². The Hall–Kier alpha value is -0.380. The van der Waals surface area contributed by atoms with Crippen LogP contribution >= 0.6 is 38.9 Å². The highest BCUT2D eigenvalue weighted by molar-refractivity contribution is 9.10. The second-order valence-corrected chi connectivity index (χ2v) is 5.93. The van der Waals surface area contributed by atoms with Gasteiger partial charge in [-0.1, -0.05) is 18.2 Å². The molecule has 0 spiro atoms. The fraction of sp³-hybridized carbons (Fsp3) is 0.231. The van der Waals surface area contributed by atoms with Crippen molar-refractivity contribution in [2.24, 2.45) is 0 Å². The number of halogens is 3. The van der Waals surface area contributed by atoms with Gasteiger partial charge in [-0.25, -0.2) is 4.39 Å². The number of benzene rings is 1. The first-order chi connectivity index (χ1) is 8.22. The molecule has 0 fully saturated rings. The van der Waals surface area contributed by atoms with Crippen LogP contribution in [-0.2, 0) is 6.42 Å². The van der Waals surface area contributed by atoms with Crippen molar-refractivity contribution < 1.29 is 4.39 Å². The summed E-state index contributed by atoms with van der Waals surface area (Å²) in [5.74, 6) is 0.268. The fourth-order valence-electron chi connectivity index (χ4n) is 1.75. The van der Waals surface area contributed by atoms with Gasteiger partial charge < -0.3 is 0 Å². The van der Waals surface area contributed by atoms with Crippen LogP contribution < -0.4 is 0 Å². The quantitative estimate of drug-likeness (QED) is 0.673. The van der Waals surface area contributed by atoms with Gasteiger partial charge in [-0.3, -0.25) is 0 Å². The summed E-state index contributed by atoms with van der Waals surface area (Å²) in [5.41, 5.74) is 0.697. The van der Waals surface area contributed by atoms with Crippen molar-refractivity contribution in [2.75, 3.05) is 5.88 Å². The molecule has 90 valence electrons. The Morgan fingerprint density at radius 3 is 2.65 bits per heavy atom. The molecule has 1 unspecified atom stereocenters. The molecule has 0 aliphatic carbocycles. The van der Waals surface area contributed by atoms with Gasteiger partial charge in [0.2, 0.25) is 0 Å². The van der Waals surface area contributed by atoms with Crippen LogP contribution in [0.1, 0.15) is 16.4 Å². The molecular weight excluding hydrogens is 323 g/mol. The minimum atomic E-state index is -0.175. The van der Waals surface area contributed by atoms with Crippen molar-refractivity contribution in [3.8, 4) is 0 Å². The lowest BCUT2D eigenvalue weighted by Crippen LogP contribution is -2.06. The molecule has 0 nitrogen and oxygen atoms in total. The topological polar surface area (TPSA) is 0 Å². The molecular formula is C13H11BrClFS. The summed E-state index contributed by atoms with van der Waals surface area (Å²) in [6.45, 7) is 0. The maximum absolute atomic E-state index is 13.7. The third-order valence-electron chi connectivity index (χ3n) is 2.65. The zero-order valence-corrected chi connectivity index (χ0v) is 12.2. The summed E-state index contributed by atoms with van der Waals surface area (Å²) in [6.07, 6.45) is 0.767. The Balaban J connectivity index is 2.23. The van der Waals surface area contributed by atoms with Crippen LogP contribution in [0.15, 0.2) is 40.2 Å². The predicted octanol–water partition coefficient (Wildman–Crippen LogP) is 5.21. The van der Waals surface area contributed by atoms with E-state index < -0.39 is 0 Å². The van der Waals surface area contributed by atoms with Crippen LogP contribution in [0.2, 0.25) is 0 Å². The number of thiophene rings is 1. The van der Waals surface area contributed by atoms with E-state index in [0.717, 1.165) is 10.9 Å². The molecule has 0 saturated carbocycles. The maximum Gasteiger partial charge on any atom is 0.126 e. The monoisotopic (exact) mass is 332 g/mol. The summed E-state index contributed by atoms with van der Waals surface area (Å²) >= 11 is 11.1. The zero-order valence-electron chi connectivity index (χ0n) is 9.00. The van der Waals surface area contributed by atoms with Gasteiger partial charge in [0, 0.05) is 21.1 Å². The molecule has 17 heavy (non-hydrogen) atoms. The highest BCUT2D eigenvalue weighted by Gasteiger charge is 2.17. The van der Waals surface area contributed by atoms with Crippen LogP contribution in [0.25, 0.3) is 0 Å². The molecule has 0 aliphatic rings. The number of hydrogen-bond donors (Lipinski definition) is 0. The van der Waals surface area contributed by atoms with Crippen LogP contribution in [0, 0.1) is 5.82 Å². The largest absolute Gasteiger partial charge is 0.207 e. The molecule has 0 radical (unpaired) electrons. The van der Waals surface area contributed by atoms with Crippen LogP contribution in [-0.4, -0.2) is 5.88 Å². The average Bonchev–Trinajstić information content (AvgIpc) is 2.73. The lowest BCUT2D eigenvalue weighted by molar-refractivity contribution is 0.590. The van der Waals surface area contributed by atoms with E-state index in [1.54, 1.807) is 17.4 Å². The van der Waals surface area contributed by atoms with E-state index >= 15 is 0 Å². The standard InChI is InChI=1S/C13H11BrClFS/c14-11-5-6-17-13(11)7-9(8-15)10-3-1-2-4-12(10)16/h1-6,9H,7-8H2. The van der Waals surface area contributed by atoms with E-state index in [4.69, 9.17) is 11.6 Å². The Morgan fingerprint density at radius 1 is 1.29 bits per heavy atom. The van der Waals surface area contributed by atoms with Crippen molar-refractivity contribution in [1.82, 2.24) is 0 Å². The number of hydrogen-bond acceptors (Lipinski definition) is 1. The van der Waals surface area contributed by atoms with E-state index in [1.807, 2.05) is 23.6 Å². The SMILES string of the molecule is Fc1ccccc1C(CCl)Cc1sccc1Br. The van der Waals surface area contributed by atoms with Crippen molar-refractivity contribution in [3.05, 3.63) is 56.4 Å². The maximum atomic E-state index is 13.7. The number of alkyl halides is 1. The summed E-state index contributed by atoms with van der Waals surface area (Å²) < 4.78 is 14.8. The molecule has 2 aromatic rings. The van der Waals surface area contributed by atoms with Crippen molar-refractivity contribution in [2.45, 2.75) is 12.3 Å². The van der Waals surface area contributed by atoms with Gasteiger partial charge in [-0.05, 0) is 45.4 Å². The first-order valence-corrected chi connectivity index (χ1v) is 7.45. The summed E-state index contributed by atoms with van der Waals surface area (Å²) in [4.78, 5) is 1.21. The summed E-state index contributed by atoms with van der Waals surface area (Å²) in [6, 6.07) is 8.85. The van der Waals surface area contributed by atoms with E-state index in [1.165, 1.54) is 10.9 Å². The Kier molecular flexibility index (Phi) is 4.60. The smallest absolute Gasteiger partial charge is 0.126 e. The lowest BCUT2D eigenvalue weighted by Gasteiger charge is -2.14. The van der Waals surface area contributed by atoms with Gasteiger partial charge in [0.1, 0.15) is 5.82 Å². The molecule has 2 rings (SSSR count). The minimum Gasteiger partial charge on any atom is -0.207 e. The van der Waals surface area contributed by atoms with Crippen molar-refractivity contribution in [1.29, 1.82) is 0 Å². The highest BCUT2D eigenvalue weighted by Crippen LogP contribution is 2.31. The summed E-state index contributed by atoms with van der Waals surface area (Å²) in [7, 11) is 0. The minimum absolute atomic E-state index is 0.0211. The summed E-state index contributed by atoms with van der Waals surface area (Å²) in [5, 5.41) is 2.02. The fourth-order valence-corrected chi connectivity index (χ4v) is 3.62. The Bertz CT molecular complexity index is 498. The first-order valence-electron chi connectivity index (χ1n) is 5.24. The molecule has 4 heteroatoms. The first kappa shape index (κ1) is 13.1. The van der Waals surface area contributed by atoms with Gasteiger partial charge in [0.15, 0.2) is 0 Å². The van der Waals surface area contributed by atoms with Crippen LogP contribution in [0.5, 0.6) is 0 Å². The van der Waals surface area contributed by atoms with E-state index in [2.05, 4.69) is 15.9 Å². The molecule has 1 aromatic heterocycles. The van der Waals surface area contributed by atoms with Gasteiger partial charge in [0.05, 0.1) is 0 Å². The third-order valence-corrected chi connectivity index (χ3v) is 4.98. The highest BCUT2D eigenvalue weighted by atomic mass is 79.9. The third kappa shape index (κ3) is 3.09. The van der Waals surface area contributed by atoms with Crippen LogP contribution in [0.4, 0.5) is 4.39 Å². The molecule has 0 N–H and O–H groups in total. The van der Waals surface area contributed by atoms with E-state index in [-0.39, 0.29) is 11.7 Å². The van der Waals surface area contributed by atoms with Crippen molar-refractivity contribution in [3.63, 3.8) is 0 Å². The van der Waals surface area contributed by atoms with Gasteiger partial charge in [-0.2, -0.15) is 0 Å². The van der Waals surface area contributed by atoms with E-state index in [0.29, 0.717) is 11.4 Å². The van der Waals surface area contributed by atoms with E-state index in [9.17, 15) is 4.39 Å². The van der Waals surface area contributed by atoms with Crippen molar-refractivity contribution >= 4 is 38.9 Å². The molecule has 1 heterocycles. The normalized spacial score (nSPS) is 12.6. The molecule has 0 bridgehead atoms. The molecule has 0 amide bonds. The second kappa shape index (κ2) is 5.98. The Labute approximate surface area is 118 Å². The average molecular weight is 334 g/mol.